The third-order valence-electron chi connectivity index (χ3n) is 5.11. The van der Waals surface area contributed by atoms with E-state index in [9.17, 15) is 5.11 Å². The standard InChI is InChI=1S/C19H24N4OS/c1-3-15-20-19-23(21-15)18(24)17(25-19)16(14-7-5-4-6-8-14)22-11-9-13(2)10-12-22/h4-8,13,16,24H,3,9-12H2,1-2H3/t16-/m0/s1. The first-order chi connectivity index (χ1) is 12.2. The number of aryl methyl sites for hydroxylation is 1. The van der Waals surface area contributed by atoms with E-state index in [1.165, 1.54) is 18.4 Å². The van der Waals surface area contributed by atoms with Crippen LogP contribution in [0.2, 0.25) is 0 Å². The molecule has 1 fully saturated rings. The molecule has 0 aliphatic carbocycles. The Balaban J connectivity index is 1.78. The number of fused-ring (bicyclic) bond motifs is 1. The van der Waals surface area contributed by atoms with Crippen LogP contribution < -0.4 is 0 Å². The fourth-order valence-corrected chi connectivity index (χ4v) is 4.70. The molecule has 2 aromatic heterocycles. The lowest BCUT2D eigenvalue weighted by atomic mass is 9.95. The highest BCUT2D eigenvalue weighted by molar-refractivity contribution is 7.17. The van der Waals surface area contributed by atoms with Gasteiger partial charge < -0.3 is 5.11 Å². The Morgan fingerprint density at radius 3 is 2.60 bits per heavy atom. The molecule has 0 saturated carbocycles. The van der Waals surface area contributed by atoms with Crippen molar-refractivity contribution < 1.29 is 5.11 Å². The maximum absolute atomic E-state index is 10.9. The van der Waals surface area contributed by atoms with E-state index in [1.54, 1.807) is 15.9 Å². The summed E-state index contributed by atoms with van der Waals surface area (Å²) >= 11 is 1.56. The molecule has 5 nitrogen and oxygen atoms in total. The molecule has 4 rings (SSSR count). The third kappa shape index (κ3) is 3.04. The molecule has 132 valence electrons. The summed E-state index contributed by atoms with van der Waals surface area (Å²) in [7, 11) is 0. The summed E-state index contributed by atoms with van der Waals surface area (Å²) in [6.45, 7) is 6.45. The number of thiazole rings is 1. The van der Waals surface area contributed by atoms with Gasteiger partial charge in [-0.25, -0.2) is 4.98 Å². The topological polar surface area (TPSA) is 53.7 Å². The van der Waals surface area contributed by atoms with Crippen LogP contribution in [-0.2, 0) is 6.42 Å². The summed E-state index contributed by atoms with van der Waals surface area (Å²) in [5, 5.41) is 15.3. The Hall–Kier alpha value is -1.92. The minimum atomic E-state index is 0.0623. The lowest BCUT2D eigenvalue weighted by Gasteiger charge is -2.36. The second-order valence-corrected chi connectivity index (χ2v) is 7.91. The predicted octanol–water partition coefficient (Wildman–Crippen LogP) is 3.88. The molecule has 1 aliphatic heterocycles. The van der Waals surface area contributed by atoms with Gasteiger partial charge in [0.2, 0.25) is 10.8 Å². The number of nitrogens with zero attached hydrogens (tertiary/aromatic N) is 4. The number of aromatic hydroxyl groups is 1. The third-order valence-corrected chi connectivity index (χ3v) is 6.18. The molecule has 1 atom stereocenters. The number of aromatic nitrogens is 3. The van der Waals surface area contributed by atoms with Crippen LogP contribution in [0.1, 0.15) is 49.0 Å². The molecule has 6 heteroatoms. The molecule has 1 N–H and O–H groups in total. The van der Waals surface area contributed by atoms with Crippen molar-refractivity contribution in [2.45, 2.75) is 39.2 Å². The van der Waals surface area contributed by atoms with E-state index >= 15 is 0 Å². The first kappa shape index (κ1) is 16.5. The van der Waals surface area contributed by atoms with E-state index < -0.39 is 0 Å². The maximum Gasteiger partial charge on any atom is 0.230 e. The highest BCUT2D eigenvalue weighted by Gasteiger charge is 2.31. The van der Waals surface area contributed by atoms with Crippen molar-refractivity contribution in [2.75, 3.05) is 13.1 Å². The van der Waals surface area contributed by atoms with Crippen molar-refractivity contribution in [2.24, 2.45) is 5.92 Å². The van der Waals surface area contributed by atoms with Gasteiger partial charge in [-0.05, 0) is 37.4 Å². The molecule has 25 heavy (non-hydrogen) atoms. The summed E-state index contributed by atoms with van der Waals surface area (Å²) < 4.78 is 1.60. The fraction of sp³-hybridized carbons (Fsp3) is 0.474. The smallest absolute Gasteiger partial charge is 0.230 e. The largest absolute Gasteiger partial charge is 0.492 e. The Labute approximate surface area is 151 Å². The van der Waals surface area contributed by atoms with Gasteiger partial charge >= 0.3 is 0 Å². The molecule has 0 radical (unpaired) electrons. The lowest BCUT2D eigenvalue weighted by Crippen LogP contribution is -2.36. The molecule has 1 saturated heterocycles. The van der Waals surface area contributed by atoms with Crippen molar-refractivity contribution in [3.63, 3.8) is 0 Å². The van der Waals surface area contributed by atoms with Crippen LogP contribution >= 0.6 is 11.3 Å². The molecule has 0 unspecified atom stereocenters. The van der Waals surface area contributed by atoms with Crippen LogP contribution in [-0.4, -0.2) is 37.7 Å². The van der Waals surface area contributed by atoms with Crippen LogP contribution in [0.3, 0.4) is 0 Å². The highest BCUT2D eigenvalue weighted by Crippen LogP contribution is 2.41. The van der Waals surface area contributed by atoms with Gasteiger partial charge in [-0.3, -0.25) is 4.90 Å². The molecule has 0 spiro atoms. The van der Waals surface area contributed by atoms with Gasteiger partial charge in [0.15, 0.2) is 5.82 Å². The Kier molecular flexibility index (Phi) is 4.48. The molecule has 3 aromatic rings. The van der Waals surface area contributed by atoms with Crippen molar-refractivity contribution in [1.29, 1.82) is 0 Å². The maximum atomic E-state index is 10.9. The van der Waals surface area contributed by atoms with E-state index in [-0.39, 0.29) is 11.9 Å². The zero-order valence-corrected chi connectivity index (χ0v) is 15.5. The predicted molar refractivity (Wildman–Crippen MR) is 100 cm³/mol. The first-order valence-electron chi connectivity index (χ1n) is 9.03. The van der Waals surface area contributed by atoms with Crippen molar-refractivity contribution in [3.05, 3.63) is 46.6 Å². The van der Waals surface area contributed by atoms with Crippen molar-refractivity contribution >= 4 is 16.3 Å². The number of piperidine rings is 1. The van der Waals surface area contributed by atoms with Crippen molar-refractivity contribution in [3.8, 4) is 5.88 Å². The minimum Gasteiger partial charge on any atom is -0.492 e. The Bertz CT molecular complexity index is 849. The van der Waals surface area contributed by atoms with Gasteiger partial charge in [0.05, 0.1) is 10.9 Å². The number of benzene rings is 1. The summed E-state index contributed by atoms with van der Waals surface area (Å²) in [6.07, 6.45) is 3.17. The zero-order chi connectivity index (χ0) is 17.4. The van der Waals surface area contributed by atoms with E-state index in [2.05, 4.69) is 46.2 Å². The number of hydrogen-bond donors (Lipinski definition) is 1. The van der Waals surface area contributed by atoms with Gasteiger partial charge in [-0.15, -0.1) is 5.10 Å². The molecule has 0 bridgehead atoms. The molecule has 0 amide bonds. The number of hydrogen-bond acceptors (Lipinski definition) is 5. The Morgan fingerprint density at radius 1 is 1.24 bits per heavy atom. The molecule has 1 aliphatic rings. The fourth-order valence-electron chi connectivity index (χ4n) is 3.57. The Morgan fingerprint density at radius 2 is 1.96 bits per heavy atom. The average Bonchev–Trinajstić information content (AvgIpc) is 3.18. The summed E-state index contributed by atoms with van der Waals surface area (Å²) in [5.74, 6) is 1.78. The van der Waals surface area contributed by atoms with E-state index in [1.807, 2.05) is 13.0 Å². The second kappa shape index (κ2) is 6.77. The normalized spacial score (nSPS) is 18.0. The lowest BCUT2D eigenvalue weighted by molar-refractivity contribution is 0.157. The van der Waals surface area contributed by atoms with Crippen LogP contribution in [0.4, 0.5) is 0 Å². The van der Waals surface area contributed by atoms with E-state index in [0.29, 0.717) is 0 Å². The first-order valence-corrected chi connectivity index (χ1v) is 9.85. The van der Waals surface area contributed by atoms with Gasteiger partial charge in [0, 0.05) is 6.42 Å². The highest BCUT2D eigenvalue weighted by atomic mass is 32.1. The molecule has 3 heterocycles. The summed E-state index contributed by atoms with van der Waals surface area (Å²) in [5.41, 5.74) is 1.22. The van der Waals surface area contributed by atoms with Crippen LogP contribution in [0.5, 0.6) is 5.88 Å². The van der Waals surface area contributed by atoms with Gasteiger partial charge in [-0.1, -0.05) is 55.5 Å². The molecular formula is C19H24N4OS. The monoisotopic (exact) mass is 356 g/mol. The summed E-state index contributed by atoms with van der Waals surface area (Å²) in [6, 6.07) is 10.5. The molecular weight excluding hydrogens is 332 g/mol. The quantitative estimate of drug-likeness (QED) is 0.771. The average molecular weight is 356 g/mol. The van der Waals surface area contributed by atoms with Crippen LogP contribution in [0.25, 0.3) is 4.96 Å². The summed E-state index contributed by atoms with van der Waals surface area (Å²) in [4.78, 5) is 8.74. The molecule has 1 aromatic carbocycles. The zero-order valence-electron chi connectivity index (χ0n) is 14.7. The van der Waals surface area contributed by atoms with Crippen LogP contribution in [0, 0.1) is 5.92 Å². The van der Waals surface area contributed by atoms with E-state index in [0.717, 1.165) is 41.1 Å². The van der Waals surface area contributed by atoms with Gasteiger partial charge in [0.25, 0.3) is 0 Å². The SMILES string of the molecule is CCc1nc2sc([C@H](c3ccccc3)N3CCC(C)CC3)c(O)n2n1. The number of likely N-dealkylation sites (tertiary alicyclic amines) is 1. The van der Waals surface area contributed by atoms with Crippen LogP contribution in [0.15, 0.2) is 30.3 Å². The van der Waals surface area contributed by atoms with Gasteiger partial charge in [0.1, 0.15) is 0 Å². The minimum absolute atomic E-state index is 0.0623. The van der Waals surface area contributed by atoms with Gasteiger partial charge in [-0.2, -0.15) is 4.52 Å². The second-order valence-electron chi connectivity index (χ2n) is 6.90. The number of rotatable bonds is 4. The van der Waals surface area contributed by atoms with Crippen molar-refractivity contribution in [1.82, 2.24) is 19.5 Å². The van der Waals surface area contributed by atoms with E-state index in [4.69, 9.17) is 0 Å².